The van der Waals surface area contributed by atoms with E-state index in [1.54, 1.807) is 0 Å². The van der Waals surface area contributed by atoms with E-state index in [2.05, 4.69) is 25.3 Å². The van der Waals surface area contributed by atoms with Crippen LogP contribution in [0.15, 0.2) is 10.5 Å². The highest BCUT2D eigenvalue weighted by Gasteiger charge is 2.20. The molecule has 0 saturated carbocycles. The van der Waals surface area contributed by atoms with Crippen molar-refractivity contribution < 1.29 is 13.9 Å². The lowest BCUT2D eigenvalue weighted by Crippen LogP contribution is -2.35. The molecule has 0 unspecified atom stereocenters. The van der Waals surface area contributed by atoms with E-state index < -0.39 is 0 Å². The van der Waals surface area contributed by atoms with Crippen molar-refractivity contribution in [1.29, 1.82) is 0 Å². The minimum absolute atomic E-state index is 0.269. The van der Waals surface area contributed by atoms with Crippen molar-refractivity contribution in [2.75, 3.05) is 51.3 Å². The van der Waals surface area contributed by atoms with Gasteiger partial charge in [-0.05, 0) is 38.9 Å². The Bertz CT molecular complexity index is 809. The number of anilines is 1. The third kappa shape index (κ3) is 5.63. The number of carbonyl (C=O) groups excluding carboxylic acids is 1. The van der Waals surface area contributed by atoms with Gasteiger partial charge in [0.25, 0.3) is 5.91 Å². The summed E-state index contributed by atoms with van der Waals surface area (Å²) in [5.74, 6) is 0.877. The second-order valence-corrected chi connectivity index (χ2v) is 8.78. The van der Waals surface area contributed by atoms with Crippen molar-refractivity contribution in [1.82, 2.24) is 20.0 Å². The number of carbonyl (C=O) groups is 1. The first-order valence-corrected chi connectivity index (χ1v) is 11.2. The Morgan fingerprint density at radius 3 is 2.72 bits per heavy atom. The first kappa shape index (κ1) is 20.5. The molecular weight excluding hydrogens is 390 g/mol. The van der Waals surface area contributed by atoms with Crippen LogP contribution in [0.4, 0.5) is 5.13 Å². The number of likely N-dealkylation sites (tertiary alicyclic amines) is 1. The SMILES string of the molecule is Cc1cc(CN2CCOCC2)oc1C(=O)Nc1nnc(CCN2CCCCC2)s1. The molecule has 2 aliphatic rings. The maximum absolute atomic E-state index is 12.6. The van der Waals surface area contributed by atoms with Crippen LogP contribution >= 0.6 is 11.3 Å². The Kier molecular flexibility index (Phi) is 6.91. The van der Waals surface area contributed by atoms with Crippen molar-refractivity contribution in [3.63, 3.8) is 0 Å². The summed E-state index contributed by atoms with van der Waals surface area (Å²) in [5.41, 5.74) is 0.834. The molecule has 2 saturated heterocycles. The summed E-state index contributed by atoms with van der Waals surface area (Å²) >= 11 is 1.44. The molecule has 2 aromatic heterocycles. The van der Waals surface area contributed by atoms with E-state index in [0.29, 0.717) is 17.4 Å². The molecule has 2 aliphatic heterocycles. The van der Waals surface area contributed by atoms with Crippen LogP contribution in [0.2, 0.25) is 0 Å². The van der Waals surface area contributed by atoms with E-state index in [1.165, 1.54) is 43.7 Å². The Balaban J connectivity index is 1.30. The van der Waals surface area contributed by atoms with Gasteiger partial charge < -0.3 is 14.1 Å². The molecule has 0 atom stereocenters. The fourth-order valence-corrected chi connectivity index (χ4v) is 4.55. The molecule has 0 radical (unpaired) electrons. The van der Waals surface area contributed by atoms with E-state index in [1.807, 2.05) is 13.0 Å². The van der Waals surface area contributed by atoms with E-state index in [-0.39, 0.29) is 5.91 Å². The first-order chi connectivity index (χ1) is 14.2. The number of rotatable bonds is 7. The number of hydrogen-bond donors (Lipinski definition) is 1. The van der Waals surface area contributed by atoms with Gasteiger partial charge in [-0.2, -0.15) is 0 Å². The number of nitrogens with zero attached hydrogens (tertiary/aromatic N) is 4. The second-order valence-electron chi connectivity index (χ2n) is 7.72. The molecule has 0 spiro atoms. The normalized spacial score (nSPS) is 18.8. The standard InChI is InChI=1S/C20H29N5O3S/c1-15-13-16(14-25-9-11-27-12-10-25)28-18(15)19(26)21-20-23-22-17(29-20)5-8-24-6-3-2-4-7-24/h13H,2-12,14H2,1H3,(H,21,23,26). The number of aromatic nitrogens is 2. The quantitative estimate of drug-likeness (QED) is 0.738. The zero-order valence-electron chi connectivity index (χ0n) is 17.0. The highest BCUT2D eigenvalue weighted by molar-refractivity contribution is 7.15. The van der Waals surface area contributed by atoms with Crippen molar-refractivity contribution in [2.45, 2.75) is 39.2 Å². The van der Waals surface area contributed by atoms with Crippen molar-refractivity contribution >= 4 is 22.4 Å². The highest BCUT2D eigenvalue weighted by Crippen LogP contribution is 2.21. The molecule has 0 aliphatic carbocycles. The molecule has 1 amide bonds. The van der Waals surface area contributed by atoms with Crippen LogP contribution in [-0.4, -0.2) is 71.8 Å². The van der Waals surface area contributed by atoms with Crippen LogP contribution in [0.1, 0.15) is 46.1 Å². The predicted molar refractivity (Wildman–Crippen MR) is 111 cm³/mol. The molecule has 4 rings (SSSR count). The zero-order chi connectivity index (χ0) is 20.1. The lowest BCUT2D eigenvalue weighted by atomic mass is 10.1. The van der Waals surface area contributed by atoms with Gasteiger partial charge in [0.15, 0.2) is 5.76 Å². The van der Waals surface area contributed by atoms with Crippen LogP contribution in [0.3, 0.4) is 0 Å². The molecule has 2 aromatic rings. The summed E-state index contributed by atoms with van der Waals surface area (Å²) < 4.78 is 11.2. The van der Waals surface area contributed by atoms with Gasteiger partial charge in [-0.25, -0.2) is 0 Å². The largest absolute Gasteiger partial charge is 0.454 e. The zero-order valence-corrected chi connectivity index (χ0v) is 17.8. The van der Waals surface area contributed by atoms with E-state index in [0.717, 1.165) is 55.6 Å². The molecule has 9 heteroatoms. The summed E-state index contributed by atoms with van der Waals surface area (Å²) in [6, 6.07) is 1.94. The number of morpholine rings is 1. The fourth-order valence-electron chi connectivity index (χ4n) is 3.83. The average molecular weight is 420 g/mol. The van der Waals surface area contributed by atoms with Crippen LogP contribution in [-0.2, 0) is 17.7 Å². The summed E-state index contributed by atoms with van der Waals surface area (Å²) in [5, 5.41) is 12.7. The molecule has 1 N–H and O–H groups in total. The molecule has 158 valence electrons. The Hall–Kier alpha value is -1.81. The molecule has 0 bridgehead atoms. The van der Waals surface area contributed by atoms with Gasteiger partial charge in [0.1, 0.15) is 10.8 Å². The number of hydrogen-bond acceptors (Lipinski definition) is 8. The van der Waals surface area contributed by atoms with Gasteiger partial charge in [0.2, 0.25) is 5.13 Å². The highest BCUT2D eigenvalue weighted by atomic mass is 32.1. The number of furan rings is 1. The predicted octanol–water partition coefficient (Wildman–Crippen LogP) is 2.55. The van der Waals surface area contributed by atoms with Crippen molar-refractivity contribution in [2.24, 2.45) is 0 Å². The first-order valence-electron chi connectivity index (χ1n) is 10.4. The third-order valence-electron chi connectivity index (χ3n) is 5.44. The molecule has 2 fully saturated rings. The Labute approximate surface area is 175 Å². The van der Waals surface area contributed by atoms with Crippen LogP contribution in [0.25, 0.3) is 0 Å². The molecule has 4 heterocycles. The van der Waals surface area contributed by atoms with Gasteiger partial charge in [-0.1, -0.05) is 17.8 Å². The summed E-state index contributed by atoms with van der Waals surface area (Å²) in [6.07, 6.45) is 4.78. The number of aryl methyl sites for hydroxylation is 1. The Morgan fingerprint density at radius 1 is 1.14 bits per heavy atom. The topological polar surface area (TPSA) is 83.7 Å². The van der Waals surface area contributed by atoms with E-state index in [9.17, 15) is 4.79 Å². The van der Waals surface area contributed by atoms with Gasteiger partial charge in [0, 0.05) is 31.6 Å². The van der Waals surface area contributed by atoms with Crippen LogP contribution in [0.5, 0.6) is 0 Å². The maximum Gasteiger partial charge on any atom is 0.293 e. The number of amides is 1. The average Bonchev–Trinajstić information content (AvgIpc) is 3.34. The molecule has 8 nitrogen and oxygen atoms in total. The minimum atomic E-state index is -0.269. The van der Waals surface area contributed by atoms with Crippen LogP contribution in [0, 0.1) is 6.92 Å². The number of piperidine rings is 1. The second kappa shape index (κ2) is 9.80. The fraction of sp³-hybridized carbons (Fsp3) is 0.650. The molecule has 0 aromatic carbocycles. The number of nitrogens with one attached hydrogen (secondary N) is 1. The van der Waals surface area contributed by atoms with Crippen molar-refractivity contribution in [3.05, 3.63) is 28.2 Å². The van der Waals surface area contributed by atoms with Gasteiger partial charge in [-0.15, -0.1) is 10.2 Å². The summed E-state index contributed by atoms with van der Waals surface area (Å²) in [7, 11) is 0. The van der Waals surface area contributed by atoms with Crippen LogP contribution < -0.4 is 5.32 Å². The van der Waals surface area contributed by atoms with Gasteiger partial charge >= 0.3 is 0 Å². The van der Waals surface area contributed by atoms with Crippen molar-refractivity contribution in [3.8, 4) is 0 Å². The molecule has 29 heavy (non-hydrogen) atoms. The molecular formula is C20H29N5O3S. The van der Waals surface area contributed by atoms with Gasteiger partial charge in [0.05, 0.1) is 19.8 Å². The summed E-state index contributed by atoms with van der Waals surface area (Å²) in [6.45, 7) is 9.18. The Morgan fingerprint density at radius 2 is 1.93 bits per heavy atom. The minimum Gasteiger partial charge on any atom is -0.454 e. The monoisotopic (exact) mass is 419 g/mol. The van der Waals surface area contributed by atoms with E-state index >= 15 is 0 Å². The smallest absolute Gasteiger partial charge is 0.293 e. The third-order valence-corrected chi connectivity index (χ3v) is 6.33. The number of ether oxygens (including phenoxy) is 1. The summed E-state index contributed by atoms with van der Waals surface area (Å²) in [4.78, 5) is 17.4. The lowest BCUT2D eigenvalue weighted by molar-refractivity contribution is 0.0312. The van der Waals surface area contributed by atoms with Gasteiger partial charge in [-0.3, -0.25) is 15.0 Å². The van der Waals surface area contributed by atoms with E-state index in [4.69, 9.17) is 9.15 Å². The maximum atomic E-state index is 12.6. The lowest BCUT2D eigenvalue weighted by Gasteiger charge is -2.25.